The molecule has 0 aromatic heterocycles. The highest BCUT2D eigenvalue weighted by atomic mass is 16.6. The highest BCUT2D eigenvalue weighted by Gasteiger charge is 2.23. The van der Waals surface area contributed by atoms with E-state index in [-0.39, 0.29) is 126 Å². The van der Waals surface area contributed by atoms with E-state index in [4.69, 9.17) is 75.8 Å². The number of hydrogen-bond acceptors (Lipinski definition) is 20. The number of ketones is 4. The van der Waals surface area contributed by atoms with Crippen LogP contribution in [0.15, 0.2) is 72.8 Å². The van der Waals surface area contributed by atoms with E-state index in [1.165, 1.54) is 0 Å². The number of hydrogen-bond donors (Lipinski definition) is 0. The molecule has 0 amide bonds. The lowest BCUT2D eigenvalue weighted by Crippen LogP contribution is -2.16. The fraction of sp³-hybridized carbons (Fsp3) is 0.632. The molecule has 3 aliphatic rings. The lowest BCUT2D eigenvalue weighted by Gasteiger charge is -2.17. The first kappa shape index (κ1) is 77.0. The first-order valence-corrected chi connectivity index (χ1v) is 35.4. The minimum atomic E-state index is -0.182. The van der Waals surface area contributed by atoms with Crippen LogP contribution in [0, 0.1) is 23.7 Å². The Morgan fingerprint density at radius 1 is 0.208 bits per heavy atom. The smallest absolute Gasteiger partial charge is 0.165 e. The topological polar surface area (TPSA) is 216 Å². The molecule has 8 bridgehead atoms. The first-order valence-electron chi connectivity index (χ1n) is 35.4. The predicted molar refractivity (Wildman–Crippen MR) is 364 cm³/mol. The molecule has 3 heterocycles. The number of carbonyl (C=O) groups excluding carboxylic acids is 4. The van der Waals surface area contributed by atoms with Crippen molar-refractivity contribution in [3.05, 3.63) is 95.1 Å². The number of rotatable bonds is 0. The second-order valence-electron chi connectivity index (χ2n) is 24.8. The van der Waals surface area contributed by atoms with Crippen molar-refractivity contribution >= 4 is 23.1 Å². The standard InChI is InChI=1S/C76H108O20/c1-57-17-13-9-5-6-10-14-18-58(2)74(78)62-22-26-66-70(54-62)95-51-43-87-35-36-88-44-52-96-72-56-64(24-28-68(72)92-48-40-84-32-31-83-39-47-91-66)76(80)60(4)20-16-12-8-7-11-15-19-59(3)75(79)63-23-27-67-71(55-63)94-50-42-86-34-33-85-41-49-93-69-53-61(73(57)77)21-25-65(69)89-45-37-81-29-30-82-38-46-90-67/h21-28,53-60H,5-20,29-52H2,1-4H3. The quantitative estimate of drug-likeness (QED) is 0.150. The van der Waals surface area contributed by atoms with Crippen LogP contribution in [0.5, 0.6) is 46.0 Å². The van der Waals surface area contributed by atoms with Gasteiger partial charge in [0.25, 0.3) is 0 Å². The Morgan fingerprint density at radius 3 is 0.552 bits per heavy atom. The molecule has 0 N–H and O–H groups in total. The summed E-state index contributed by atoms with van der Waals surface area (Å²) < 4.78 is 95.9. The van der Waals surface area contributed by atoms with Crippen molar-refractivity contribution in [3.63, 3.8) is 0 Å². The molecule has 532 valence electrons. The molecule has 20 nitrogen and oxygen atoms in total. The van der Waals surface area contributed by atoms with Crippen LogP contribution in [-0.2, 0) is 37.9 Å². The molecule has 3 aliphatic heterocycles. The Labute approximate surface area is 569 Å². The molecule has 0 radical (unpaired) electrons. The normalized spacial score (nSPS) is 22.8. The van der Waals surface area contributed by atoms with Crippen LogP contribution in [0.1, 0.15) is 172 Å². The molecule has 4 unspecified atom stereocenters. The molecule has 7 rings (SSSR count). The summed E-state index contributed by atoms with van der Waals surface area (Å²) in [5.41, 5.74) is 2.24. The Morgan fingerprint density at radius 2 is 0.365 bits per heavy atom. The SMILES string of the molecule is CC1CCCCCCCCC(C)C(=O)c2ccc3c(c2)OCCOCCOCCOc2cc(ccc2OCCOCCOCCO3)C(=O)C(C)CCCCCCCCC(C)C(=O)c2ccc3c(c2)OCCOCCOCCOc2cc(ccc2OCCOCCOCCO3)C1=O. The van der Waals surface area contributed by atoms with Crippen LogP contribution in [0.3, 0.4) is 0 Å². The third kappa shape index (κ3) is 28.6. The van der Waals surface area contributed by atoms with Crippen molar-refractivity contribution in [3.8, 4) is 46.0 Å². The van der Waals surface area contributed by atoms with E-state index >= 15 is 0 Å². The second kappa shape index (κ2) is 46.0. The van der Waals surface area contributed by atoms with Crippen molar-refractivity contribution in [2.45, 2.75) is 130 Å². The van der Waals surface area contributed by atoms with Gasteiger partial charge in [0.15, 0.2) is 69.1 Å². The van der Waals surface area contributed by atoms with Crippen LogP contribution >= 0.6 is 0 Å². The van der Waals surface area contributed by atoms with Gasteiger partial charge in [0.1, 0.15) is 52.9 Å². The molecule has 4 aromatic carbocycles. The van der Waals surface area contributed by atoms with Crippen LogP contribution in [0.4, 0.5) is 0 Å². The number of carbonyl (C=O) groups is 4. The summed E-state index contributed by atoms with van der Waals surface area (Å²) in [4.78, 5) is 55.3. The lowest BCUT2D eigenvalue weighted by atomic mass is 9.92. The summed E-state index contributed by atoms with van der Waals surface area (Å²) in [6, 6.07) is 21.4. The van der Waals surface area contributed by atoms with Gasteiger partial charge in [0, 0.05) is 45.9 Å². The number of ether oxygens (including phenoxy) is 16. The third-order valence-corrected chi connectivity index (χ3v) is 17.1. The van der Waals surface area contributed by atoms with E-state index in [9.17, 15) is 19.2 Å². The summed E-state index contributed by atoms with van der Waals surface area (Å²) in [5.74, 6) is 3.32. The highest BCUT2D eigenvalue weighted by Crippen LogP contribution is 2.35. The molecule has 0 saturated carbocycles. The van der Waals surface area contributed by atoms with Gasteiger partial charge in [-0.15, -0.1) is 0 Å². The zero-order chi connectivity index (χ0) is 67.6. The molecule has 0 fully saturated rings. The van der Waals surface area contributed by atoms with E-state index in [0.717, 1.165) is 103 Å². The molecule has 96 heavy (non-hydrogen) atoms. The van der Waals surface area contributed by atoms with E-state index < -0.39 is 0 Å². The van der Waals surface area contributed by atoms with Gasteiger partial charge < -0.3 is 75.8 Å². The van der Waals surface area contributed by atoms with E-state index in [1.807, 2.05) is 27.7 Å². The average Bonchev–Trinajstić information content (AvgIpc) is 1.02. The molecule has 0 aliphatic carbocycles. The fourth-order valence-electron chi connectivity index (χ4n) is 11.4. The summed E-state index contributed by atoms with van der Waals surface area (Å²) in [7, 11) is 0. The second-order valence-corrected chi connectivity index (χ2v) is 24.8. The number of benzene rings is 4. The number of Topliss-reactive ketones (excluding diaryl/α,β-unsaturated/α-hetero) is 4. The molecule has 20 heteroatoms. The fourth-order valence-corrected chi connectivity index (χ4v) is 11.4. The van der Waals surface area contributed by atoms with E-state index in [2.05, 4.69) is 0 Å². The van der Waals surface area contributed by atoms with Crippen LogP contribution in [0.25, 0.3) is 0 Å². The van der Waals surface area contributed by atoms with E-state index in [0.29, 0.717) is 148 Å². The Balaban J connectivity index is 0.970. The molecule has 4 aromatic rings. The molecular weight excluding hydrogens is 1230 g/mol. The predicted octanol–water partition coefficient (Wildman–Crippen LogP) is 13.5. The Bertz CT molecular complexity index is 2500. The van der Waals surface area contributed by atoms with Crippen molar-refractivity contribution in [2.24, 2.45) is 23.7 Å². The molecule has 4 atom stereocenters. The molecule has 0 saturated heterocycles. The minimum absolute atomic E-state index is 0.0484. The minimum Gasteiger partial charge on any atom is -0.487 e. The monoisotopic (exact) mass is 1340 g/mol. The van der Waals surface area contributed by atoms with Crippen molar-refractivity contribution in [2.75, 3.05) is 159 Å². The summed E-state index contributed by atoms with van der Waals surface area (Å²) >= 11 is 0. The Kier molecular flexibility index (Phi) is 36.9. The average molecular weight is 1340 g/mol. The largest absolute Gasteiger partial charge is 0.487 e. The van der Waals surface area contributed by atoms with Crippen LogP contribution in [-0.4, -0.2) is 182 Å². The van der Waals surface area contributed by atoms with Gasteiger partial charge in [-0.25, -0.2) is 0 Å². The van der Waals surface area contributed by atoms with Crippen LogP contribution < -0.4 is 37.9 Å². The van der Waals surface area contributed by atoms with Gasteiger partial charge in [-0.05, 0) is 98.5 Å². The van der Waals surface area contributed by atoms with Gasteiger partial charge in [-0.1, -0.05) is 105 Å². The lowest BCUT2D eigenvalue weighted by molar-refractivity contribution is 0.0223. The maximum absolute atomic E-state index is 13.8. The summed E-state index contributed by atoms with van der Waals surface area (Å²) in [6.45, 7) is 15.0. The van der Waals surface area contributed by atoms with Gasteiger partial charge in [-0.3, -0.25) is 19.2 Å². The van der Waals surface area contributed by atoms with Crippen molar-refractivity contribution in [1.82, 2.24) is 0 Å². The first-order chi connectivity index (χ1) is 47.0. The van der Waals surface area contributed by atoms with Gasteiger partial charge >= 0.3 is 0 Å². The van der Waals surface area contributed by atoms with Gasteiger partial charge in [-0.2, -0.15) is 0 Å². The maximum atomic E-state index is 13.8. The van der Waals surface area contributed by atoms with Crippen LogP contribution in [0.2, 0.25) is 0 Å². The van der Waals surface area contributed by atoms with Crippen molar-refractivity contribution in [1.29, 1.82) is 0 Å². The number of fused-ring (bicyclic) bond motifs is 22. The van der Waals surface area contributed by atoms with Gasteiger partial charge in [0.05, 0.1) is 106 Å². The van der Waals surface area contributed by atoms with Gasteiger partial charge in [0.2, 0.25) is 0 Å². The highest BCUT2D eigenvalue weighted by molar-refractivity contribution is 6.00. The maximum Gasteiger partial charge on any atom is 0.165 e. The van der Waals surface area contributed by atoms with Crippen molar-refractivity contribution < 1.29 is 95.0 Å². The summed E-state index contributed by atoms with van der Waals surface area (Å²) in [5, 5.41) is 0. The summed E-state index contributed by atoms with van der Waals surface area (Å²) in [6.07, 6.45) is 15.0. The zero-order valence-corrected chi connectivity index (χ0v) is 57.7. The zero-order valence-electron chi connectivity index (χ0n) is 57.7. The van der Waals surface area contributed by atoms with E-state index in [1.54, 1.807) is 72.8 Å². The molecule has 0 spiro atoms. The molecular formula is C76H108O20. The Hall–Kier alpha value is -6.36. The third-order valence-electron chi connectivity index (χ3n) is 17.1.